The molecule has 6 nitrogen and oxygen atoms in total. The summed E-state index contributed by atoms with van der Waals surface area (Å²) in [7, 11) is 0.207. The summed E-state index contributed by atoms with van der Waals surface area (Å²) in [6.07, 6.45) is 1.51. The highest BCUT2D eigenvalue weighted by Crippen LogP contribution is 2.14. The molecule has 1 aromatic carbocycles. The largest absolute Gasteiger partial charge is 0.356 e. The second kappa shape index (κ2) is 10.5. The molecule has 0 saturated carbocycles. The molecule has 0 saturated heterocycles. The minimum Gasteiger partial charge on any atom is -0.356 e. The van der Waals surface area contributed by atoms with Crippen LogP contribution in [0.25, 0.3) is 0 Å². The average molecular weight is 375 g/mol. The maximum absolute atomic E-state index is 11.6. The number of nitrogens with zero attached hydrogens (tertiary/aromatic N) is 2. The zero-order chi connectivity index (χ0) is 18.0. The minimum atomic E-state index is -3.11. The van der Waals surface area contributed by atoms with Crippen molar-refractivity contribution in [2.24, 2.45) is 4.99 Å². The molecule has 0 amide bonds. The van der Waals surface area contributed by atoms with Crippen molar-refractivity contribution in [2.75, 3.05) is 39.5 Å². The summed E-state index contributed by atoms with van der Waals surface area (Å²) in [5.74, 6) is 0.824. The first-order valence-corrected chi connectivity index (χ1v) is 10.0. The quantitative estimate of drug-likeness (QED) is 0.392. The van der Waals surface area contributed by atoms with Crippen LogP contribution >= 0.6 is 11.6 Å². The van der Waals surface area contributed by atoms with E-state index in [0.717, 1.165) is 17.0 Å². The van der Waals surface area contributed by atoms with Crippen LogP contribution in [0.15, 0.2) is 29.3 Å². The van der Waals surface area contributed by atoms with Crippen LogP contribution in [0, 0.1) is 0 Å². The minimum absolute atomic E-state index is 0.127. The molecule has 136 valence electrons. The van der Waals surface area contributed by atoms with Gasteiger partial charge < -0.3 is 10.6 Å². The highest BCUT2D eigenvalue weighted by Gasteiger charge is 2.13. The molecule has 1 rings (SSSR count). The highest BCUT2D eigenvalue weighted by atomic mass is 35.5. The van der Waals surface area contributed by atoms with Gasteiger partial charge in [0.25, 0.3) is 0 Å². The Hall–Kier alpha value is -1.31. The van der Waals surface area contributed by atoms with E-state index in [-0.39, 0.29) is 5.75 Å². The second-order valence-corrected chi connectivity index (χ2v) is 8.11. The first kappa shape index (κ1) is 20.7. The van der Waals surface area contributed by atoms with Crippen LogP contribution in [0.5, 0.6) is 0 Å². The van der Waals surface area contributed by atoms with Crippen molar-refractivity contribution >= 4 is 27.6 Å². The fourth-order valence-electron chi connectivity index (χ4n) is 2.11. The van der Waals surface area contributed by atoms with Gasteiger partial charge in [-0.3, -0.25) is 4.99 Å². The standard InChI is InChI=1S/C16H27ClN4O2S/c1-4-24(22,23)21(3)13-7-11-19-16(18-2)20-12-10-14-8-5-6-9-15(14)17/h5-6,8-9H,4,7,10-13H2,1-3H3,(H2,18,19,20). The Kier molecular flexibility index (Phi) is 9.10. The summed E-state index contributed by atoms with van der Waals surface area (Å²) in [6.45, 7) is 3.50. The Morgan fingerprint density at radius 3 is 2.54 bits per heavy atom. The van der Waals surface area contributed by atoms with E-state index in [1.54, 1.807) is 21.0 Å². The van der Waals surface area contributed by atoms with Crippen molar-refractivity contribution in [1.82, 2.24) is 14.9 Å². The summed E-state index contributed by atoms with van der Waals surface area (Å²) in [6, 6.07) is 7.76. The van der Waals surface area contributed by atoms with Gasteiger partial charge in [0, 0.05) is 38.8 Å². The fraction of sp³-hybridized carbons (Fsp3) is 0.562. The molecule has 24 heavy (non-hydrogen) atoms. The molecular weight excluding hydrogens is 348 g/mol. The van der Waals surface area contributed by atoms with Gasteiger partial charge in [-0.25, -0.2) is 12.7 Å². The Balaban J connectivity index is 2.27. The zero-order valence-corrected chi connectivity index (χ0v) is 16.1. The number of hydrogen-bond acceptors (Lipinski definition) is 3. The molecule has 0 aliphatic carbocycles. The van der Waals surface area contributed by atoms with E-state index in [0.29, 0.717) is 32.0 Å². The third-order valence-electron chi connectivity index (χ3n) is 3.65. The molecule has 0 spiro atoms. The van der Waals surface area contributed by atoms with Crippen molar-refractivity contribution in [2.45, 2.75) is 19.8 Å². The lowest BCUT2D eigenvalue weighted by atomic mass is 10.1. The van der Waals surface area contributed by atoms with Crippen molar-refractivity contribution < 1.29 is 8.42 Å². The molecule has 8 heteroatoms. The predicted molar refractivity (Wildman–Crippen MR) is 101 cm³/mol. The van der Waals surface area contributed by atoms with Crippen LogP contribution in [-0.4, -0.2) is 58.2 Å². The molecule has 0 aromatic heterocycles. The van der Waals surface area contributed by atoms with Gasteiger partial charge in [0.05, 0.1) is 5.75 Å². The van der Waals surface area contributed by atoms with Gasteiger partial charge in [-0.2, -0.15) is 0 Å². The van der Waals surface area contributed by atoms with E-state index >= 15 is 0 Å². The molecule has 0 fully saturated rings. The lowest BCUT2D eigenvalue weighted by Crippen LogP contribution is -2.39. The second-order valence-electron chi connectivity index (χ2n) is 5.34. The van der Waals surface area contributed by atoms with Crippen LogP contribution in [0.3, 0.4) is 0 Å². The zero-order valence-electron chi connectivity index (χ0n) is 14.5. The maximum atomic E-state index is 11.6. The van der Waals surface area contributed by atoms with Crippen molar-refractivity contribution in [3.63, 3.8) is 0 Å². The van der Waals surface area contributed by atoms with E-state index in [2.05, 4.69) is 15.6 Å². The highest BCUT2D eigenvalue weighted by molar-refractivity contribution is 7.89. The van der Waals surface area contributed by atoms with Crippen LogP contribution in [-0.2, 0) is 16.4 Å². The Labute approximate surface area is 150 Å². The monoisotopic (exact) mass is 374 g/mol. The fourth-order valence-corrected chi connectivity index (χ4v) is 3.18. The lowest BCUT2D eigenvalue weighted by Gasteiger charge is -2.17. The van der Waals surface area contributed by atoms with Crippen LogP contribution < -0.4 is 10.6 Å². The number of guanidine groups is 1. The molecule has 0 radical (unpaired) electrons. The molecule has 0 aliphatic heterocycles. The number of aliphatic imine (C=N–C) groups is 1. The normalized spacial score (nSPS) is 12.5. The molecule has 0 heterocycles. The lowest BCUT2D eigenvalue weighted by molar-refractivity contribution is 0.461. The van der Waals surface area contributed by atoms with Gasteiger partial charge in [0.15, 0.2) is 5.96 Å². The van der Waals surface area contributed by atoms with E-state index in [1.165, 1.54) is 4.31 Å². The Morgan fingerprint density at radius 1 is 1.25 bits per heavy atom. The molecule has 0 bridgehead atoms. The average Bonchev–Trinajstić information content (AvgIpc) is 2.58. The van der Waals surface area contributed by atoms with E-state index in [9.17, 15) is 8.42 Å². The Morgan fingerprint density at radius 2 is 1.92 bits per heavy atom. The molecule has 2 N–H and O–H groups in total. The number of sulfonamides is 1. The summed E-state index contributed by atoms with van der Waals surface area (Å²) < 4.78 is 24.7. The number of nitrogens with one attached hydrogen (secondary N) is 2. The summed E-state index contributed by atoms with van der Waals surface area (Å²) in [5, 5.41) is 7.17. The molecular formula is C16H27ClN4O2S. The van der Waals surface area contributed by atoms with Gasteiger partial charge in [-0.05, 0) is 31.4 Å². The van der Waals surface area contributed by atoms with Crippen LogP contribution in [0.1, 0.15) is 18.9 Å². The first-order chi connectivity index (χ1) is 11.4. The van der Waals surface area contributed by atoms with Crippen molar-refractivity contribution in [3.8, 4) is 0 Å². The van der Waals surface area contributed by atoms with Gasteiger partial charge >= 0.3 is 0 Å². The molecule has 0 aliphatic rings. The van der Waals surface area contributed by atoms with E-state index in [1.807, 2.05) is 24.3 Å². The third kappa shape index (κ3) is 7.07. The number of benzene rings is 1. The maximum Gasteiger partial charge on any atom is 0.213 e. The summed E-state index contributed by atoms with van der Waals surface area (Å²) in [4.78, 5) is 4.15. The number of halogens is 1. The first-order valence-electron chi connectivity index (χ1n) is 8.02. The van der Waals surface area contributed by atoms with Crippen LogP contribution in [0.2, 0.25) is 5.02 Å². The SMILES string of the molecule is CCS(=O)(=O)N(C)CCCNC(=NC)NCCc1ccccc1Cl. The smallest absolute Gasteiger partial charge is 0.213 e. The van der Waals surface area contributed by atoms with Crippen LogP contribution in [0.4, 0.5) is 0 Å². The van der Waals surface area contributed by atoms with Crippen molar-refractivity contribution in [1.29, 1.82) is 0 Å². The van der Waals surface area contributed by atoms with E-state index in [4.69, 9.17) is 11.6 Å². The summed E-state index contributed by atoms with van der Waals surface area (Å²) >= 11 is 6.13. The van der Waals surface area contributed by atoms with Gasteiger partial charge in [-0.1, -0.05) is 29.8 Å². The number of rotatable bonds is 9. The Bertz CT molecular complexity index is 635. The predicted octanol–water partition coefficient (Wildman–Crippen LogP) is 1.72. The van der Waals surface area contributed by atoms with Crippen molar-refractivity contribution in [3.05, 3.63) is 34.9 Å². The molecule has 1 aromatic rings. The van der Waals surface area contributed by atoms with Gasteiger partial charge in [0.2, 0.25) is 10.0 Å². The molecule has 0 unspecified atom stereocenters. The third-order valence-corrected chi connectivity index (χ3v) is 5.88. The van der Waals surface area contributed by atoms with Gasteiger partial charge in [-0.15, -0.1) is 0 Å². The molecule has 0 atom stereocenters. The number of hydrogen-bond donors (Lipinski definition) is 2. The van der Waals surface area contributed by atoms with E-state index < -0.39 is 10.0 Å². The summed E-state index contributed by atoms with van der Waals surface area (Å²) in [5.41, 5.74) is 1.09. The van der Waals surface area contributed by atoms with Gasteiger partial charge in [0.1, 0.15) is 0 Å². The topological polar surface area (TPSA) is 73.8 Å².